The lowest BCUT2D eigenvalue weighted by atomic mass is 9.84. The maximum Gasteiger partial charge on any atom is 0.262 e. The summed E-state index contributed by atoms with van der Waals surface area (Å²) in [6, 6.07) is 7.71. The van der Waals surface area contributed by atoms with Crippen LogP contribution in [-0.2, 0) is 9.59 Å². The standard InChI is InChI=1S/C23H23ClFN3O4/c1-23(28-22(30)13-32-17-5-7-20(26-11-17)14-2-3-14)9-15(10-23)27-21(29)12-31-16-4-6-18(24)19(25)8-16/h4-9,11,14H,2-3,10,12-13H2,1H3,(H,27,29)(H,28,30). The van der Waals surface area contributed by atoms with Crippen molar-refractivity contribution >= 4 is 23.4 Å². The molecule has 1 fully saturated rings. The fourth-order valence-corrected chi connectivity index (χ4v) is 3.56. The van der Waals surface area contributed by atoms with Gasteiger partial charge < -0.3 is 20.1 Å². The Morgan fingerprint density at radius 1 is 1.16 bits per heavy atom. The Balaban J connectivity index is 1.18. The largest absolute Gasteiger partial charge is 0.484 e. The molecule has 0 radical (unpaired) electrons. The minimum Gasteiger partial charge on any atom is -0.484 e. The van der Waals surface area contributed by atoms with E-state index >= 15 is 0 Å². The third kappa shape index (κ3) is 5.76. The van der Waals surface area contributed by atoms with E-state index in [1.165, 1.54) is 25.0 Å². The third-order valence-corrected chi connectivity index (χ3v) is 5.47. The molecule has 168 valence electrons. The van der Waals surface area contributed by atoms with Gasteiger partial charge in [-0.25, -0.2) is 4.39 Å². The van der Waals surface area contributed by atoms with E-state index in [-0.39, 0.29) is 35.8 Å². The van der Waals surface area contributed by atoms with E-state index < -0.39 is 11.4 Å². The summed E-state index contributed by atoms with van der Waals surface area (Å²) in [4.78, 5) is 28.6. The minimum absolute atomic E-state index is 0.0173. The van der Waals surface area contributed by atoms with Gasteiger partial charge in [-0.3, -0.25) is 14.6 Å². The van der Waals surface area contributed by atoms with E-state index in [0.29, 0.717) is 23.8 Å². The molecule has 2 aliphatic carbocycles. The number of ether oxygens (including phenoxy) is 2. The van der Waals surface area contributed by atoms with E-state index in [1.54, 1.807) is 12.3 Å². The van der Waals surface area contributed by atoms with Crippen molar-refractivity contribution in [2.24, 2.45) is 0 Å². The Morgan fingerprint density at radius 3 is 2.50 bits per heavy atom. The lowest BCUT2D eigenvalue weighted by molar-refractivity contribution is -0.124. The van der Waals surface area contributed by atoms with Crippen LogP contribution in [0.5, 0.6) is 11.5 Å². The SMILES string of the molecule is CC1(NC(=O)COc2ccc(C3CC3)nc2)C=C(NC(=O)COc2ccc(Cl)c(F)c2)C1. The van der Waals surface area contributed by atoms with Crippen molar-refractivity contribution in [2.45, 2.75) is 37.6 Å². The minimum atomic E-state index is -0.617. The number of pyridine rings is 1. The van der Waals surface area contributed by atoms with Gasteiger partial charge in [0.2, 0.25) is 0 Å². The van der Waals surface area contributed by atoms with E-state index in [9.17, 15) is 14.0 Å². The number of aromatic nitrogens is 1. The second-order valence-electron chi connectivity index (χ2n) is 8.21. The van der Waals surface area contributed by atoms with E-state index in [1.807, 2.05) is 19.1 Å². The molecule has 2 aromatic rings. The van der Waals surface area contributed by atoms with Gasteiger partial charge in [0.05, 0.1) is 16.8 Å². The first-order valence-corrected chi connectivity index (χ1v) is 10.7. The number of carbonyl (C=O) groups excluding carboxylic acids is 2. The van der Waals surface area contributed by atoms with Gasteiger partial charge in [-0.15, -0.1) is 0 Å². The van der Waals surface area contributed by atoms with Crippen LogP contribution in [0.1, 0.15) is 37.8 Å². The average Bonchev–Trinajstić information content (AvgIpc) is 3.58. The Bertz CT molecular complexity index is 1060. The molecule has 1 heterocycles. The number of benzene rings is 1. The average molecular weight is 460 g/mol. The van der Waals surface area contributed by atoms with Crippen molar-refractivity contribution < 1.29 is 23.5 Å². The fourth-order valence-electron chi connectivity index (χ4n) is 3.44. The second-order valence-corrected chi connectivity index (χ2v) is 8.61. The van der Waals surface area contributed by atoms with Crippen LogP contribution in [0.15, 0.2) is 48.3 Å². The first kappa shape index (κ1) is 22.1. The summed E-state index contributed by atoms with van der Waals surface area (Å²) in [5.74, 6) is 0.0538. The van der Waals surface area contributed by atoms with Gasteiger partial charge in [-0.2, -0.15) is 0 Å². The predicted octanol–water partition coefficient (Wildman–Crippen LogP) is 3.49. The molecule has 2 aliphatic rings. The summed E-state index contributed by atoms with van der Waals surface area (Å²) >= 11 is 5.61. The van der Waals surface area contributed by atoms with Gasteiger partial charge in [0, 0.05) is 29.8 Å². The number of rotatable bonds is 9. The summed E-state index contributed by atoms with van der Waals surface area (Å²) in [7, 11) is 0. The van der Waals surface area contributed by atoms with Crippen molar-refractivity contribution in [3.05, 3.63) is 64.8 Å². The first-order valence-electron chi connectivity index (χ1n) is 10.3. The molecule has 7 nitrogen and oxygen atoms in total. The zero-order chi connectivity index (χ0) is 22.7. The highest BCUT2D eigenvalue weighted by molar-refractivity contribution is 6.30. The maximum absolute atomic E-state index is 13.4. The molecular weight excluding hydrogens is 437 g/mol. The highest BCUT2D eigenvalue weighted by Crippen LogP contribution is 2.39. The lowest BCUT2D eigenvalue weighted by Crippen LogP contribution is -2.53. The second kappa shape index (κ2) is 9.16. The Morgan fingerprint density at radius 2 is 1.84 bits per heavy atom. The van der Waals surface area contributed by atoms with Crippen LogP contribution in [0.4, 0.5) is 4.39 Å². The van der Waals surface area contributed by atoms with Crippen LogP contribution in [0, 0.1) is 5.82 Å². The van der Waals surface area contributed by atoms with Crippen LogP contribution in [0.2, 0.25) is 5.02 Å². The quantitative estimate of drug-likeness (QED) is 0.599. The fraction of sp³-hybridized carbons (Fsp3) is 0.348. The molecular formula is C23H23ClFN3O4. The Kier molecular flexibility index (Phi) is 6.32. The summed E-state index contributed by atoms with van der Waals surface area (Å²) < 4.78 is 24.2. The number of hydrogen-bond acceptors (Lipinski definition) is 5. The number of nitrogens with zero attached hydrogens (tertiary/aromatic N) is 1. The van der Waals surface area contributed by atoms with Crippen LogP contribution >= 0.6 is 11.6 Å². The van der Waals surface area contributed by atoms with E-state index in [0.717, 1.165) is 11.8 Å². The molecule has 1 saturated carbocycles. The zero-order valence-electron chi connectivity index (χ0n) is 17.5. The summed E-state index contributed by atoms with van der Waals surface area (Å²) in [5, 5.41) is 5.57. The van der Waals surface area contributed by atoms with E-state index in [4.69, 9.17) is 21.1 Å². The molecule has 0 spiro atoms. The number of halogens is 2. The third-order valence-electron chi connectivity index (χ3n) is 5.16. The molecule has 0 aliphatic heterocycles. The predicted molar refractivity (Wildman–Crippen MR) is 116 cm³/mol. The number of nitrogens with one attached hydrogen (secondary N) is 2. The number of carbonyl (C=O) groups is 2. The molecule has 0 bridgehead atoms. The van der Waals surface area contributed by atoms with E-state index in [2.05, 4.69) is 15.6 Å². The highest BCUT2D eigenvalue weighted by atomic mass is 35.5. The Hall–Kier alpha value is -3.13. The van der Waals surface area contributed by atoms with Crippen molar-refractivity contribution in [3.8, 4) is 11.5 Å². The zero-order valence-corrected chi connectivity index (χ0v) is 18.2. The van der Waals surface area contributed by atoms with Crippen LogP contribution in [-0.4, -0.2) is 35.6 Å². The van der Waals surface area contributed by atoms with Gasteiger partial charge in [0.25, 0.3) is 11.8 Å². The normalized spacial score (nSPS) is 19.4. The van der Waals surface area contributed by atoms with Crippen LogP contribution in [0.3, 0.4) is 0 Å². The summed E-state index contributed by atoms with van der Waals surface area (Å²) in [6.45, 7) is 1.45. The van der Waals surface area contributed by atoms with Gasteiger partial charge in [-0.1, -0.05) is 11.6 Å². The Labute approximate surface area is 190 Å². The number of amides is 2. The van der Waals surface area contributed by atoms with Crippen molar-refractivity contribution in [1.82, 2.24) is 15.6 Å². The summed E-state index contributed by atoms with van der Waals surface area (Å²) in [6.07, 6.45) is 6.22. The molecule has 4 rings (SSSR count). The molecule has 1 unspecified atom stereocenters. The smallest absolute Gasteiger partial charge is 0.262 e. The molecule has 1 atom stereocenters. The van der Waals surface area contributed by atoms with Crippen LogP contribution in [0.25, 0.3) is 0 Å². The van der Waals surface area contributed by atoms with Crippen molar-refractivity contribution in [2.75, 3.05) is 13.2 Å². The maximum atomic E-state index is 13.4. The van der Waals surface area contributed by atoms with Crippen molar-refractivity contribution in [1.29, 1.82) is 0 Å². The molecule has 0 saturated heterocycles. The van der Waals surface area contributed by atoms with Gasteiger partial charge in [0.1, 0.15) is 17.3 Å². The molecule has 32 heavy (non-hydrogen) atoms. The summed E-state index contributed by atoms with van der Waals surface area (Å²) in [5.41, 5.74) is 1.16. The lowest BCUT2D eigenvalue weighted by Gasteiger charge is -2.37. The first-order chi connectivity index (χ1) is 15.3. The van der Waals surface area contributed by atoms with Gasteiger partial charge in [-0.05, 0) is 50.1 Å². The molecule has 2 amide bonds. The van der Waals surface area contributed by atoms with Crippen LogP contribution < -0.4 is 20.1 Å². The molecule has 2 N–H and O–H groups in total. The molecule has 1 aromatic heterocycles. The molecule has 9 heteroatoms. The topological polar surface area (TPSA) is 89.5 Å². The van der Waals surface area contributed by atoms with Crippen molar-refractivity contribution in [3.63, 3.8) is 0 Å². The number of hydrogen-bond donors (Lipinski definition) is 2. The molecule has 1 aromatic carbocycles. The van der Waals surface area contributed by atoms with Gasteiger partial charge in [0.15, 0.2) is 13.2 Å². The van der Waals surface area contributed by atoms with Gasteiger partial charge >= 0.3 is 0 Å². The monoisotopic (exact) mass is 459 g/mol. The highest BCUT2D eigenvalue weighted by Gasteiger charge is 2.34.